The van der Waals surface area contributed by atoms with Crippen molar-refractivity contribution in [1.29, 1.82) is 0 Å². The third-order valence-corrected chi connectivity index (χ3v) is 2.67. The van der Waals surface area contributed by atoms with E-state index in [-0.39, 0.29) is 11.6 Å². The van der Waals surface area contributed by atoms with Crippen LogP contribution >= 0.6 is 0 Å². The summed E-state index contributed by atoms with van der Waals surface area (Å²) in [7, 11) is 0. The van der Waals surface area contributed by atoms with Crippen molar-refractivity contribution in [3.63, 3.8) is 0 Å². The van der Waals surface area contributed by atoms with E-state index in [1.807, 2.05) is 20.8 Å². The van der Waals surface area contributed by atoms with Crippen LogP contribution < -0.4 is 10.6 Å². The third kappa shape index (κ3) is 5.21. The number of carbonyl (C=O) groups is 1. The molecule has 1 aromatic rings. The van der Waals surface area contributed by atoms with Gasteiger partial charge in [-0.3, -0.25) is 0 Å². The Morgan fingerprint density at radius 1 is 1.22 bits per heavy atom. The quantitative estimate of drug-likeness (QED) is 0.848. The summed E-state index contributed by atoms with van der Waals surface area (Å²) in [6, 6.07) is 6.31. The molecule has 0 saturated heterocycles. The van der Waals surface area contributed by atoms with Crippen LogP contribution in [0.2, 0.25) is 0 Å². The van der Waals surface area contributed by atoms with Crippen molar-refractivity contribution in [2.24, 2.45) is 0 Å². The topological polar surface area (TPSA) is 41.1 Å². The largest absolute Gasteiger partial charge is 0.338 e. The lowest BCUT2D eigenvalue weighted by Crippen LogP contribution is -2.46. The first kappa shape index (κ1) is 14.6. The van der Waals surface area contributed by atoms with Gasteiger partial charge in [0, 0.05) is 12.1 Å². The highest BCUT2D eigenvalue weighted by Crippen LogP contribution is 2.10. The number of carbonyl (C=O) groups excluding carboxylic acids is 1. The van der Waals surface area contributed by atoms with Gasteiger partial charge in [-0.1, -0.05) is 23.8 Å². The fourth-order valence-electron chi connectivity index (χ4n) is 1.77. The maximum atomic E-state index is 11.6. The zero-order valence-electron chi connectivity index (χ0n) is 12.1. The third-order valence-electron chi connectivity index (χ3n) is 2.67. The van der Waals surface area contributed by atoms with Gasteiger partial charge in [0.15, 0.2) is 0 Å². The molecular weight excluding hydrogens is 224 g/mol. The summed E-state index contributed by atoms with van der Waals surface area (Å²) < 4.78 is 0. The normalized spacial score (nSPS) is 11.2. The minimum Gasteiger partial charge on any atom is -0.338 e. The van der Waals surface area contributed by atoms with Gasteiger partial charge in [0.05, 0.1) is 0 Å². The van der Waals surface area contributed by atoms with Crippen LogP contribution in [-0.2, 0) is 6.42 Å². The standard InChI is InChI=1S/C15H24N2O/c1-11-6-7-12(2)13(10-11)8-9-16-14(18)17-15(3,4)5/h6-7,10H,8-9H2,1-5H3,(H2,16,17,18). The summed E-state index contributed by atoms with van der Waals surface area (Å²) in [6.45, 7) is 10.8. The fraction of sp³-hybridized carbons (Fsp3) is 0.533. The summed E-state index contributed by atoms with van der Waals surface area (Å²) >= 11 is 0. The van der Waals surface area contributed by atoms with Gasteiger partial charge in [0.1, 0.15) is 0 Å². The van der Waals surface area contributed by atoms with Crippen LogP contribution in [0, 0.1) is 13.8 Å². The van der Waals surface area contributed by atoms with Gasteiger partial charge in [-0.15, -0.1) is 0 Å². The molecular formula is C15H24N2O. The Morgan fingerprint density at radius 2 is 1.89 bits per heavy atom. The summed E-state index contributed by atoms with van der Waals surface area (Å²) in [5.41, 5.74) is 3.64. The average Bonchev–Trinajstić information content (AvgIpc) is 2.20. The van der Waals surface area contributed by atoms with E-state index >= 15 is 0 Å². The van der Waals surface area contributed by atoms with E-state index in [2.05, 4.69) is 42.7 Å². The van der Waals surface area contributed by atoms with E-state index in [9.17, 15) is 4.79 Å². The zero-order valence-corrected chi connectivity index (χ0v) is 12.1. The number of urea groups is 1. The minimum absolute atomic E-state index is 0.104. The Balaban J connectivity index is 2.42. The van der Waals surface area contributed by atoms with Crippen molar-refractivity contribution in [3.05, 3.63) is 34.9 Å². The van der Waals surface area contributed by atoms with E-state index in [0.29, 0.717) is 6.54 Å². The molecule has 1 aromatic carbocycles. The summed E-state index contributed by atoms with van der Waals surface area (Å²) in [5.74, 6) is 0. The van der Waals surface area contributed by atoms with Gasteiger partial charge >= 0.3 is 6.03 Å². The van der Waals surface area contributed by atoms with Gasteiger partial charge in [-0.05, 0) is 52.2 Å². The van der Waals surface area contributed by atoms with Crippen molar-refractivity contribution in [2.75, 3.05) is 6.54 Å². The highest BCUT2D eigenvalue weighted by molar-refractivity contribution is 5.74. The van der Waals surface area contributed by atoms with Crippen molar-refractivity contribution in [1.82, 2.24) is 10.6 Å². The second kappa shape index (κ2) is 5.89. The molecule has 0 heterocycles. The Hall–Kier alpha value is -1.51. The molecule has 3 heteroatoms. The molecule has 0 fully saturated rings. The van der Waals surface area contributed by atoms with Crippen molar-refractivity contribution < 1.29 is 4.79 Å². The lowest BCUT2D eigenvalue weighted by Gasteiger charge is -2.20. The number of aryl methyl sites for hydroxylation is 2. The molecule has 2 amide bonds. The van der Waals surface area contributed by atoms with Crippen LogP contribution in [0.5, 0.6) is 0 Å². The Bertz CT molecular complexity index is 419. The highest BCUT2D eigenvalue weighted by Gasteiger charge is 2.12. The molecule has 3 nitrogen and oxygen atoms in total. The van der Waals surface area contributed by atoms with E-state index < -0.39 is 0 Å². The maximum Gasteiger partial charge on any atom is 0.315 e. The van der Waals surface area contributed by atoms with E-state index in [1.54, 1.807) is 0 Å². The first-order valence-corrected chi connectivity index (χ1v) is 6.40. The van der Waals surface area contributed by atoms with Crippen LogP contribution in [-0.4, -0.2) is 18.1 Å². The van der Waals surface area contributed by atoms with Gasteiger partial charge in [-0.25, -0.2) is 4.79 Å². The predicted octanol–water partition coefficient (Wildman–Crippen LogP) is 2.94. The van der Waals surface area contributed by atoms with E-state index in [1.165, 1.54) is 16.7 Å². The molecule has 0 bridgehead atoms. The molecule has 0 atom stereocenters. The molecule has 2 N–H and O–H groups in total. The number of amides is 2. The minimum atomic E-state index is -0.191. The Labute approximate surface area is 110 Å². The molecule has 0 aliphatic carbocycles. The van der Waals surface area contributed by atoms with Crippen LogP contribution in [0.25, 0.3) is 0 Å². The maximum absolute atomic E-state index is 11.6. The van der Waals surface area contributed by atoms with Gasteiger partial charge in [0.2, 0.25) is 0 Å². The van der Waals surface area contributed by atoms with E-state index in [0.717, 1.165) is 6.42 Å². The number of nitrogens with one attached hydrogen (secondary N) is 2. The Kier molecular flexibility index (Phi) is 4.76. The average molecular weight is 248 g/mol. The van der Waals surface area contributed by atoms with Gasteiger partial charge in [0.25, 0.3) is 0 Å². The lowest BCUT2D eigenvalue weighted by molar-refractivity contribution is 0.232. The Morgan fingerprint density at radius 3 is 2.50 bits per heavy atom. The molecule has 0 radical (unpaired) electrons. The van der Waals surface area contributed by atoms with Crippen LogP contribution in [0.15, 0.2) is 18.2 Å². The zero-order chi connectivity index (χ0) is 13.8. The van der Waals surface area contributed by atoms with Crippen LogP contribution in [0.1, 0.15) is 37.5 Å². The second-order valence-electron chi connectivity index (χ2n) is 5.81. The number of benzene rings is 1. The van der Waals surface area contributed by atoms with Crippen LogP contribution in [0.4, 0.5) is 4.79 Å². The second-order valence-corrected chi connectivity index (χ2v) is 5.81. The number of hydrogen-bond donors (Lipinski definition) is 2. The van der Waals surface area contributed by atoms with E-state index in [4.69, 9.17) is 0 Å². The summed E-state index contributed by atoms with van der Waals surface area (Å²) in [5, 5.41) is 5.77. The van der Waals surface area contributed by atoms with Gasteiger partial charge in [-0.2, -0.15) is 0 Å². The first-order chi connectivity index (χ1) is 8.28. The fourth-order valence-corrected chi connectivity index (χ4v) is 1.77. The lowest BCUT2D eigenvalue weighted by atomic mass is 10.0. The smallest absolute Gasteiger partial charge is 0.315 e. The summed E-state index contributed by atoms with van der Waals surface area (Å²) in [6.07, 6.45) is 0.866. The molecule has 0 unspecified atom stereocenters. The van der Waals surface area contributed by atoms with Crippen molar-refractivity contribution in [2.45, 2.75) is 46.6 Å². The number of rotatable bonds is 3. The molecule has 18 heavy (non-hydrogen) atoms. The monoisotopic (exact) mass is 248 g/mol. The molecule has 0 aliphatic heterocycles. The highest BCUT2D eigenvalue weighted by atomic mass is 16.2. The predicted molar refractivity (Wildman–Crippen MR) is 75.9 cm³/mol. The molecule has 1 rings (SSSR count). The first-order valence-electron chi connectivity index (χ1n) is 6.40. The van der Waals surface area contributed by atoms with Crippen molar-refractivity contribution in [3.8, 4) is 0 Å². The SMILES string of the molecule is Cc1ccc(C)c(CCNC(=O)NC(C)(C)C)c1. The van der Waals surface area contributed by atoms with Crippen LogP contribution in [0.3, 0.4) is 0 Å². The molecule has 0 aromatic heterocycles. The van der Waals surface area contributed by atoms with Gasteiger partial charge < -0.3 is 10.6 Å². The summed E-state index contributed by atoms with van der Waals surface area (Å²) in [4.78, 5) is 11.6. The molecule has 0 saturated carbocycles. The van der Waals surface area contributed by atoms with Crippen molar-refractivity contribution >= 4 is 6.03 Å². The molecule has 0 spiro atoms. The number of hydrogen-bond acceptors (Lipinski definition) is 1. The molecule has 0 aliphatic rings. The molecule has 100 valence electrons.